The Morgan fingerprint density at radius 3 is 2.90 bits per heavy atom. The first-order chi connectivity index (χ1) is 10.3. The molecule has 0 saturated carbocycles. The second kappa shape index (κ2) is 6.31. The van der Waals surface area contributed by atoms with Crippen LogP contribution in [0.1, 0.15) is 27.9 Å². The second-order valence-corrected chi connectivity index (χ2v) is 5.88. The standard InChI is InChI=1S/C17H16BrNO2/c18-15-8-2-1-5-12(15)11-21-17(20)14-6-3-9-16-13(14)7-4-10-19-16/h1-3,5-6,8-9,19H,4,7,10-11H2. The van der Waals surface area contributed by atoms with Gasteiger partial charge in [0.15, 0.2) is 0 Å². The molecule has 1 N–H and O–H groups in total. The third-order valence-corrected chi connectivity index (χ3v) is 4.41. The summed E-state index contributed by atoms with van der Waals surface area (Å²) in [6.07, 6.45) is 1.96. The number of esters is 1. The van der Waals surface area contributed by atoms with Gasteiger partial charge in [0, 0.05) is 22.3 Å². The Kier molecular flexibility index (Phi) is 4.25. The van der Waals surface area contributed by atoms with Crippen LogP contribution >= 0.6 is 15.9 Å². The summed E-state index contributed by atoms with van der Waals surface area (Å²) in [5.41, 5.74) is 3.76. The average molecular weight is 346 g/mol. The number of fused-ring (bicyclic) bond motifs is 1. The average Bonchev–Trinajstić information content (AvgIpc) is 2.53. The molecule has 0 atom stereocenters. The van der Waals surface area contributed by atoms with Crippen molar-refractivity contribution in [2.45, 2.75) is 19.4 Å². The summed E-state index contributed by atoms with van der Waals surface area (Å²) in [7, 11) is 0. The van der Waals surface area contributed by atoms with E-state index in [2.05, 4.69) is 21.2 Å². The van der Waals surface area contributed by atoms with Gasteiger partial charge in [0.05, 0.1) is 5.56 Å². The molecule has 3 rings (SSSR count). The number of carbonyl (C=O) groups excluding carboxylic acids is 1. The summed E-state index contributed by atoms with van der Waals surface area (Å²) < 4.78 is 6.42. The lowest BCUT2D eigenvalue weighted by Crippen LogP contribution is -2.16. The van der Waals surface area contributed by atoms with E-state index in [-0.39, 0.29) is 12.6 Å². The fraction of sp³-hybridized carbons (Fsp3) is 0.235. The molecular formula is C17H16BrNO2. The number of ether oxygens (including phenoxy) is 1. The van der Waals surface area contributed by atoms with Gasteiger partial charge in [-0.2, -0.15) is 0 Å². The predicted octanol–water partition coefficient (Wildman–Crippen LogP) is 4.16. The lowest BCUT2D eigenvalue weighted by Gasteiger charge is -2.20. The molecule has 1 aliphatic rings. The largest absolute Gasteiger partial charge is 0.457 e. The van der Waals surface area contributed by atoms with Crippen LogP contribution < -0.4 is 5.32 Å². The predicted molar refractivity (Wildman–Crippen MR) is 86.5 cm³/mol. The lowest BCUT2D eigenvalue weighted by molar-refractivity contribution is 0.0470. The lowest BCUT2D eigenvalue weighted by atomic mass is 9.98. The Labute approximate surface area is 132 Å². The van der Waals surface area contributed by atoms with Crippen molar-refractivity contribution in [1.82, 2.24) is 0 Å². The van der Waals surface area contributed by atoms with Crippen LogP contribution in [-0.2, 0) is 17.8 Å². The van der Waals surface area contributed by atoms with E-state index < -0.39 is 0 Å². The third kappa shape index (κ3) is 3.10. The van der Waals surface area contributed by atoms with Crippen LogP contribution in [0.2, 0.25) is 0 Å². The van der Waals surface area contributed by atoms with E-state index >= 15 is 0 Å². The molecule has 21 heavy (non-hydrogen) atoms. The van der Waals surface area contributed by atoms with Crippen molar-refractivity contribution < 1.29 is 9.53 Å². The summed E-state index contributed by atoms with van der Waals surface area (Å²) in [6.45, 7) is 1.24. The van der Waals surface area contributed by atoms with Crippen molar-refractivity contribution in [1.29, 1.82) is 0 Å². The Balaban J connectivity index is 1.76. The molecule has 3 nitrogen and oxygen atoms in total. The summed E-state index contributed by atoms with van der Waals surface area (Å²) >= 11 is 3.46. The number of rotatable bonds is 3. The van der Waals surface area contributed by atoms with Gasteiger partial charge in [0.1, 0.15) is 6.61 Å². The molecule has 4 heteroatoms. The molecule has 0 radical (unpaired) electrons. The highest BCUT2D eigenvalue weighted by Crippen LogP contribution is 2.26. The van der Waals surface area contributed by atoms with Crippen molar-refractivity contribution in [3.8, 4) is 0 Å². The Morgan fingerprint density at radius 1 is 1.19 bits per heavy atom. The second-order valence-electron chi connectivity index (χ2n) is 5.03. The molecule has 0 saturated heterocycles. The number of nitrogens with one attached hydrogen (secondary N) is 1. The van der Waals surface area contributed by atoms with E-state index in [1.165, 1.54) is 0 Å². The number of hydrogen-bond acceptors (Lipinski definition) is 3. The molecular weight excluding hydrogens is 330 g/mol. The van der Waals surface area contributed by atoms with Crippen LogP contribution in [0.4, 0.5) is 5.69 Å². The number of halogens is 1. The maximum absolute atomic E-state index is 12.3. The molecule has 2 aromatic carbocycles. The Morgan fingerprint density at radius 2 is 2.05 bits per heavy atom. The molecule has 0 fully saturated rings. The highest BCUT2D eigenvalue weighted by atomic mass is 79.9. The van der Waals surface area contributed by atoms with E-state index in [9.17, 15) is 4.79 Å². The maximum atomic E-state index is 12.3. The van der Waals surface area contributed by atoms with Gasteiger partial charge in [0.25, 0.3) is 0 Å². The smallest absolute Gasteiger partial charge is 0.338 e. The summed E-state index contributed by atoms with van der Waals surface area (Å²) in [5, 5.41) is 3.33. The number of hydrogen-bond donors (Lipinski definition) is 1. The van der Waals surface area contributed by atoms with Crippen LogP contribution in [0, 0.1) is 0 Å². The molecule has 0 amide bonds. The minimum Gasteiger partial charge on any atom is -0.457 e. The van der Waals surface area contributed by atoms with E-state index in [0.717, 1.165) is 40.7 Å². The molecule has 0 spiro atoms. The van der Waals surface area contributed by atoms with Gasteiger partial charge >= 0.3 is 5.97 Å². The van der Waals surface area contributed by atoms with Crippen molar-refractivity contribution in [3.05, 3.63) is 63.6 Å². The summed E-state index contributed by atoms with van der Waals surface area (Å²) in [4.78, 5) is 12.3. The fourth-order valence-corrected chi connectivity index (χ4v) is 2.94. The zero-order chi connectivity index (χ0) is 14.7. The van der Waals surface area contributed by atoms with E-state index in [4.69, 9.17) is 4.74 Å². The van der Waals surface area contributed by atoms with E-state index in [1.807, 2.05) is 42.5 Å². The van der Waals surface area contributed by atoms with Crippen LogP contribution in [-0.4, -0.2) is 12.5 Å². The first-order valence-corrected chi connectivity index (χ1v) is 7.81. The molecule has 108 valence electrons. The fourth-order valence-electron chi connectivity index (χ4n) is 2.54. The normalized spacial score (nSPS) is 13.2. The van der Waals surface area contributed by atoms with E-state index in [1.54, 1.807) is 0 Å². The van der Waals surface area contributed by atoms with Crippen molar-refractivity contribution >= 4 is 27.6 Å². The van der Waals surface area contributed by atoms with Crippen molar-refractivity contribution in [2.24, 2.45) is 0 Å². The van der Waals surface area contributed by atoms with E-state index in [0.29, 0.717) is 5.56 Å². The SMILES string of the molecule is O=C(OCc1ccccc1Br)c1cccc2c1CCCN2. The first-order valence-electron chi connectivity index (χ1n) is 7.02. The molecule has 0 unspecified atom stereocenters. The molecule has 0 bridgehead atoms. The highest BCUT2D eigenvalue weighted by Gasteiger charge is 2.18. The van der Waals surface area contributed by atoms with Gasteiger partial charge < -0.3 is 10.1 Å². The number of carbonyl (C=O) groups is 1. The molecule has 1 heterocycles. The molecule has 2 aromatic rings. The van der Waals surface area contributed by atoms with Crippen molar-refractivity contribution in [2.75, 3.05) is 11.9 Å². The summed E-state index contributed by atoms with van der Waals surface area (Å²) in [5.74, 6) is -0.258. The number of anilines is 1. The van der Waals surface area contributed by atoms with Gasteiger partial charge in [-0.15, -0.1) is 0 Å². The zero-order valence-electron chi connectivity index (χ0n) is 11.6. The van der Waals surface area contributed by atoms with Crippen LogP contribution in [0.25, 0.3) is 0 Å². The van der Waals surface area contributed by atoms with Crippen LogP contribution in [0.5, 0.6) is 0 Å². The number of benzene rings is 2. The minimum atomic E-state index is -0.258. The third-order valence-electron chi connectivity index (χ3n) is 3.63. The van der Waals surface area contributed by atoms with Crippen LogP contribution in [0.3, 0.4) is 0 Å². The Hall–Kier alpha value is -1.81. The molecule has 0 aliphatic carbocycles. The van der Waals surface area contributed by atoms with Gasteiger partial charge in [-0.3, -0.25) is 0 Å². The molecule has 1 aliphatic heterocycles. The zero-order valence-corrected chi connectivity index (χ0v) is 13.2. The van der Waals surface area contributed by atoms with Gasteiger partial charge in [0.2, 0.25) is 0 Å². The quantitative estimate of drug-likeness (QED) is 0.848. The highest BCUT2D eigenvalue weighted by molar-refractivity contribution is 9.10. The maximum Gasteiger partial charge on any atom is 0.338 e. The van der Waals surface area contributed by atoms with Gasteiger partial charge in [-0.05, 0) is 36.6 Å². The monoisotopic (exact) mass is 345 g/mol. The Bertz CT molecular complexity index is 670. The van der Waals surface area contributed by atoms with Crippen molar-refractivity contribution in [3.63, 3.8) is 0 Å². The van der Waals surface area contributed by atoms with Crippen LogP contribution in [0.15, 0.2) is 46.9 Å². The van der Waals surface area contributed by atoms with Gasteiger partial charge in [-0.25, -0.2) is 4.79 Å². The topological polar surface area (TPSA) is 38.3 Å². The van der Waals surface area contributed by atoms with Gasteiger partial charge in [-0.1, -0.05) is 40.2 Å². The summed E-state index contributed by atoms with van der Waals surface area (Å²) in [6, 6.07) is 13.5. The first kappa shape index (κ1) is 14.1. The minimum absolute atomic E-state index is 0.258. The molecule has 0 aromatic heterocycles.